The van der Waals surface area contributed by atoms with Crippen molar-refractivity contribution in [1.82, 2.24) is 5.32 Å². The number of hydrogen-bond acceptors (Lipinski definition) is 3. The van der Waals surface area contributed by atoms with Crippen molar-refractivity contribution in [2.75, 3.05) is 26.8 Å². The van der Waals surface area contributed by atoms with E-state index < -0.39 is 0 Å². The minimum absolute atomic E-state index is 0.675. The Labute approximate surface area is 110 Å². The first-order valence-corrected chi connectivity index (χ1v) is 6.85. The molecular weight excluding hydrogens is 226 g/mol. The van der Waals surface area contributed by atoms with E-state index in [2.05, 4.69) is 12.2 Å². The van der Waals surface area contributed by atoms with Gasteiger partial charge in [-0.25, -0.2) is 0 Å². The molecule has 0 fully saturated rings. The molecule has 1 rings (SSSR count). The Hall–Kier alpha value is -1.22. The normalized spacial score (nSPS) is 10.3. The molecule has 102 valence electrons. The monoisotopic (exact) mass is 251 g/mol. The highest BCUT2D eigenvalue weighted by molar-refractivity contribution is 5.39. The van der Waals surface area contributed by atoms with Crippen molar-refractivity contribution in [3.05, 3.63) is 24.3 Å². The molecule has 0 aliphatic rings. The molecule has 0 unspecified atom stereocenters. The van der Waals surface area contributed by atoms with Gasteiger partial charge in [-0.1, -0.05) is 38.3 Å². The third kappa shape index (κ3) is 5.92. The summed E-state index contributed by atoms with van der Waals surface area (Å²) in [5.41, 5.74) is 0. The van der Waals surface area contributed by atoms with Crippen LogP contribution in [0.25, 0.3) is 0 Å². The highest BCUT2D eigenvalue weighted by Crippen LogP contribution is 2.25. The molecule has 0 heterocycles. The maximum absolute atomic E-state index is 5.67. The lowest BCUT2D eigenvalue weighted by Gasteiger charge is -2.10. The molecule has 0 atom stereocenters. The van der Waals surface area contributed by atoms with Crippen molar-refractivity contribution >= 4 is 0 Å². The van der Waals surface area contributed by atoms with Crippen molar-refractivity contribution in [3.8, 4) is 11.5 Å². The zero-order valence-electron chi connectivity index (χ0n) is 11.6. The Morgan fingerprint density at radius 2 is 1.78 bits per heavy atom. The minimum atomic E-state index is 0.675. The van der Waals surface area contributed by atoms with E-state index in [-0.39, 0.29) is 0 Å². The molecule has 0 radical (unpaired) electrons. The van der Waals surface area contributed by atoms with Gasteiger partial charge in [-0.05, 0) is 25.1 Å². The molecule has 0 amide bonds. The zero-order valence-corrected chi connectivity index (χ0v) is 11.6. The van der Waals surface area contributed by atoms with Crippen molar-refractivity contribution in [2.24, 2.45) is 0 Å². The molecule has 0 aromatic heterocycles. The highest BCUT2D eigenvalue weighted by atomic mass is 16.5. The largest absolute Gasteiger partial charge is 0.493 e. The van der Waals surface area contributed by atoms with Gasteiger partial charge in [0.2, 0.25) is 0 Å². The quantitative estimate of drug-likeness (QED) is 0.648. The van der Waals surface area contributed by atoms with Gasteiger partial charge in [-0.2, -0.15) is 0 Å². The maximum atomic E-state index is 5.67. The number of hydrogen-bond donors (Lipinski definition) is 1. The molecule has 0 aliphatic heterocycles. The minimum Gasteiger partial charge on any atom is -0.493 e. The van der Waals surface area contributed by atoms with Crippen molar-refractivity contribution < 1.29 is 9.47 Å². The van der Waals surface area contributed by atoms with Crippen LogP contribution in [-0.4, -0.2) is 26.8 Å². The summed E-state index contributed by atoms with van der Waals surface area (Å²) in [5.74, 6) is 1.60. The van der Waals surface area contributed by atoms with Crippen LogP contribution in [-0.2, 0) is 0 Å². The lowest BCUT2D eigenvalue weighted by Crippen LogP contribution is -2.22. The Morgan fingerprint density at radius 3 is 2.50 bits per heavy atom. The number of unbranched alkanes of at least 4 members (excludes halogenated alkanes) is 3. The van der Waals surface area contributed by atoms with Crippen LogP contribution in [0.15, 0.2) is 24.3 Å². The summed E-state index contributed by atoms with van der Waals surface area (Å²) in [6, 6.07) is 7.74. The second-order valence-electron chi connectivity index (χ2n) is 4.31. The SMILES string of the molecule is CCCCCCNCCOc1ccccc1OC. The Bertz CT molecular complexity index is 315. The van der Waals surface area contributed by atoms with E-state index in [1.165, 1.54) is 25.7 Å². The second-order valence-corrected chi connectivity index (χ2v) is 4.31. The van der Waals surface area contributed by atoms with Gasteiger partial charge in [0.25, 0.3) is 0 Å². The summed E-state index contributed by atoms with van der Waals surface area (Å²) < 4.78 is 10.9. The third-order valence-corrected chi connectivity index (χ3v) is 2.81. The van der Waals surface area contributed by atoms with Crippen LogP contribution >= 0.6 is 0 Å². The third-order valence-electron chi connectivity index (χ3n) is 2.81. The number of para-hydroxylation sites is 2. The van der Waals surface area contributed by atoms with Crippen molar-refractivity contribution in [1.29, 1.82) is 0 Å². The average molecular weight is 251 g/mol. The zero-order chi connectivity index (χ0) is 13.1. The summed E-state index contributed by atoms with van der Waals surface area (Å²) in [6.45, 7) is 4.86. The van der Waals surface area contributed by atoms with Gasteiger partial charge in [0.15, 0.2) is 11.5 Å². The van der Waals surface area contributed by atoms with E-state index in [9.17, 15) is 0 Å². The first kappa shape index (κ1) is 14.8. The van der Waals surface area contributed by atoms with E-state index in [1.807, 2.05) is 24.3 Å². The van der Waals surface area contributed by atoms with E-state index in [0.29, 0.717) is 6.61 Å². The topological polar surface area (TPSA) is 30.5 Å². The number of methoxy groups -OCH3 is 1. The van der Waals surface area contributed by atoms with Crippen LogP contribution in [0, 0.1) is 0 Å². The molecule has 0 aliphatic carbocycles. The molecule has 0 spiro atoms. The summed E-state index contributed by atoms with van der Waals surface area (Å²) in [4.78, 5) is 0. The molecule has 3 nitrogen and oxygen atoms in total. The van der Waals surface area contributed by atoms with E-state index in [4.69, 9.17) is 9.47 Å². The maximum Gasteiger partial charge on any atom is 0.161 e. The van der Waals surface area contributed by atoms with E-state index in [1.54, 1.807) is 7.11 Å². The number of rotatable bonds is 10. The number of nitrogens with one attached hydrogen (secondary N) is 1. The molecule has 0 bridgehead atoms. The smallest absolute Gasteiger partial charge is 0.161 e. The number of benzene rings is 1. The average Bonchev–Trinajstić information content (AvgIpc) is 2.42. The fraction of sp³-hybridized carbons (Fsp3) is 0.600. The van der Waals surface area contributed by atoms with Crippen LogP contribution < -0.4 is 14.8 Å². The molecule has 3 heteroatoms. The van der Waals surface area contributed by atoms with Crippen LogP contribution in [0.4, 0.5) is 0 Å². The van der Waals surface area contributed by atoms with Gasteiger partial charge in [-0.3, -0.25) is 0 Å². The molecular formula is C15H25NO2. The van der Waals surface area contributed by atoms with Crippen molar-refractivity contribution in [2.45, 2.75) is 32.6 Å². The fourth-order valence-corrected chi connectivity index (χ4v) is 1.77. The van der Waals surface area contributed by atoms with E-state index in [0.717, 1.165) is 24.6 Å². The predicted molar refractivity (Wildman–Crippen MR) is 75.5 cm³/mol. The molecule has 1 aromatic rings. The Kier molecular flexibility index (Phi) is 8.06. The molecule has 1 N–H and O–H groups in total. The van der Waals surface area contributed by atoms with Gasteiger partial charge < -0.3 is 14.8 Å². The van der Waals surface area contributed by atoms with Crippen molar-refractivity contribution in [3.63, 3.8) is 0 Å². The lowest BCUT2D eigenvalue weighted by atomic mass is 10.2. The first-order chi connectivity index (χ1) is 8.88. The molecule has 18 heavy (non-hydrogen) atoms. The van der Waals surface area contributed by atoms with Crippen LogP contribution in [0.3, 0.4) is 0 Å². The second kappa shape index (κ2) is 9.77. The van der Waals surface area contributed by atoms with Crippen LogP contribution in [0.5, 0.6) is 11.5 Å². The van der Waals surface area contributed by atoms with Gasteiger partial charge in [-0.15, -0.1) is 0 Å². The summed E-state index contributed by atoms with van der Waals surface area (Å²) in [7, 11) is 1.66. The van der Waals surface area contributed by atoms with Gasteiger partial charge in [0.05, 0.1) is 7.11 Å². The standard InChI is InChI=1S/C15H25NO2/c1-3-4-5-8-11-16-12-13-18-15-10-7-6-9-14(15)17-2/h6-7,9-10,16H,3-5,8,11-13H2,1-2H3. The molecule has 0 saturated carbocycles. The van der Waals surface area contributed by atoms with Gasteiger partial charge in [0.1, 0.15) is 6.61 Å². The highest BCUT2D eigenvalue weighted by Gasteiger charge is 2.01. The Balaban J connectivity index is 2.07. The summed E-state index contributed by atoms with van der Waals surface area (Å²) >= 11 is 0. The molecule has 0 saturated heterocycles. The predicted octanol–water partition coefficient (Wildman–Crippen LogP) is 3.24. The van der Waals surface area contributed by atoms with E-state index >= 15 is 0 Å². The summed E-state index contributed by atoms with van der Waals surface area (Å²) in [6.07, 6.45) is 5.19. The Morgan fingerprint density at radius 1 is 1.00 bits per heavy atom. The lowest BCUT2D eigenvalue weighted by molar-refractivity contribution is 0.292. The van der Waals surface area contributed by atoms with Crippen LogP contribution in [0.1, 0.15) is 32.6 Å². The van der Waals surface area contributed by atoms with Crippen LogP contribution in [0.2, 0.25) is 0 Å². The number of ether oxygens (including phenoxy) is 2. The first-order valence-electron chi connectivity index (χ1n) is 6.85. The van der Waals surface area contributed by atoms with Gasteiger partial charge >= 0.3 is 0 Å². The summed E-state index contributed by atoms with van der Waals surface area (Å²) in [5, 5.41) is 3.39. The fourth-order valence-electron chi connectivity index (χ4n) is 1.77. The molecule has 1 aromatic carbocycles. The van der Waals surface area contributed by atoms with Gasteiger partial charge in [0, 0.05) is 6.54 Å².